The SMILES string of the molecule is CC(C)(C)OC(=O)N[C@H](C=O)CCCCC/C=C\[C@@H]1C[C@]1(NC(=O)[C@@H]1C[C@H](OS(=O)(=O)c2ccc(Br)cc2)CN1)C(=O)NS(=O)(=O)C1(C)CC1. The molecule has 2 saturated carbocycles. The molecule has 1 aromatic rings. The highest BCUT2D eigenvalue weighted by atomic mass is 79.9. The van der Waals surface area contributed by atoms with Crippen LogP contribution in [-0.2, 0) is 43.4 Å². The first-order valence-electron chi connectivity index (χ1n) is 16.7. The van der Waals surface area contributed by atoms with Crippen LogP contribution in [0.1, 0.15) is 85.5 Å². The summed E-state index contributed by atoms with van der Waals surface area (Å²) in [6, 6.07) is 4.44. The number of benzene rings is 1. The molecule has 3 amide bonds. The summed E-state index contributed by atoms with van der Waals surface area (Å²) in [7, 11) is -8.05. The number of carbonyl (C=O) groups excluding carboxylic acids is 4. The summed E-state index contributed by atoms with van der Waals surface area (Å²) in [5.74, 6) is -1.84. The first kappa shape index (κ1) is 39.9. The van der Waals surface area contributed by atoms with Gasteiger partial charge in [0.25, 0.3) is 16.0 Å². The maximum absolute atomic E-state index is 13.5. The molecule has 4 rings (SSSR count). The fraction of sp³-hybridized carbons (Fsp3) is 0.636. The predicted octanol–water partition coefficient (Wildman–Crippen LogP) is 3.36. The van der Waals surface area contributed by atoms with Gasteiger partial charge in [0, 0.05) is 23.4 Å². The van der Waals surface area contributed by atoms with Gasteiger partial charge in [-0.15, -0.1) is 0 Å². The molecule has 0 bridgehead atoms. The second kappa shape index (κ2) is 15.8. The lowest BCUT2D eigenvalue weighted by Gasteiger charge is -2.22. The third kappa shape index (κ3) is 10.6. The van der Waals surface area contributed by atoms with Gasteiger partial charge in [-0.05, 0) is 90.5 Å². The number of sulfonamides is 1. The number of halogens is 1. The molecule has 5 atom stereocenters. The number of amides is 3. The van der Waals surface area contributed by atoms with Crippen molar-refractivity contribution in [2.45, 2.75) is 124 Å². The normalized spacial score (nSPS) is 25.0. The predicted molar refractivity (Wildman–Crippen MR) is 188 cm³/mol. The number of hydrogen-bond acceptors (Lipinski definition) is 11. The van der Waals surface area contributed by atoms with E-state index in [0.717, 1.165) is 12.8 Å². The fourth-order valence-electron chi connectivity index (χ4n) is 5.58. The minimum atomic E-state index is -4.09. The van der Waals surface area contributed by atoms with Crippen molar-refractivity contribution in [3.8, 4) is 0 Å². The number of unbranched alkanes of at least 4 members (excludes halogenated alkanes) is 3. The summed E-state index contributed by atoms with van der Waals surface area (Å²) in [6.45, 7) is 6.85. The number of allylic oxidation sites excluding steroid dienone is 1. The minimum absolute atomic E-state index is 0.0222. The Bertz CT molecular complexity index is 1670. The van der Waals surface area contributed by atoms with Crippen molar-refractivity contribution in [3.63, 3.8) is 0 Å². The molecular weight excluding hydrogens is 756 g/mol. The van der Waals surface area contributed by atoms with Crippen LogP contribution >= 0.6 is 15.9 Å². The molecule has 0 radical (unpaired) electrons. The molecule has 4 N–H and O–H groups in total. The van der Waals surface area contributed by atoms with Crippen LogP contribution in [0.4, 0.5) is 4.79 Å². The molecule has 3 fully saturated rings. The Labute approximate surface area is 302 Å². The van der Waals surface area contributed by atoms with E-state index in [9.17, 15) is 36.0 Å². The van der Waals surface area contributed by atoms with Gasteiger partial charge in [0.05, 0.1) is 27.8 Å². The zero-order valence-electron chi connectivity index (χ0n) is 28.7. The summed E-state index contributed by atoms with van der Waals surface area (Å²) in [5.41, 5.74) is -2.16. The van der Waals surface area contributed by atoms with E-state index in [1.54, 1.807) is 45.9 Å². The van der Waals surface area contributed by atoms with Crippen molar-refractivity contribution < 1.29 is 44.9 Å². The monoisotopic (exact) mass is 802 g/mol. The van der Waals surface area contributed by atoms with Crippen molar-refractivity contribution in [2.24, 2.45) is 5.92 Å². The topological polar surface area (TPSA) is 203 Å². The number of carbonyl (C=O) groups is 4. The maximum atomic E-state index is 13.5. The highest BCUT2D eigenvalue weighted by molar-refractivity contribution is 9.10. The largest absolute Gasteiger partial charge is 0.444 e. The summed E-state index contributed by atoms with van der Waals surface area (Å²) >= 11 is 3.26. The third-order valence-corrected chi connectivity index (χ3v) is 13.1. The summed E-state index contributed by atoms with van der Waals surface area (Å²) < 4.78 is 63.8. The number of hydrogen-bond donors (Lipinski definition) is 4. The fourth-order valence-corrected chi connectivity index (χ4v) is 8.24. The standard InChI is InChI=1S/C33H47BrN4O10S2/c1-31(2,3)47-30(42)36-24(21-39)11-9-7-5-6-8-10-22-19-33(22,29(41)38-50(45,46)32(4)16-17-32)37-28(40)27-18-25(20-35-27)48-49(43,44)26-14-12-23(34)13-15-26/h8,10,12-15,21-22,24-25,27,35H,5-7,9,11,16-20H2,1-4H3,(H,36,42)(H,37,40)(H,38,41)/b10-8-/t22-,24+,25+,27+,33-/m1/s1. The summed E-state index contributed by atoms with van der Waals surface area (Å²) in [4.78, 5) is 50.2. The van der Waals surface area contributed by atoms with E-state index in [1.807, 2.05) is 6.08 Å². The molecule has 50 heavy (non-hydrogen) atoms. The first-order valence-corrected chi connectivity index (χ1v) is 20.4. The zero-order chi connectivity index (χ0) is 37.0. The van der Waals surface area contributed by atoms with Crippen LogP contribution in [0.3, 0.4) is 0 Å². The number of alkyl carbamates (subject to hydrolysis) is 1. The van der Waals surface area contributed by atoms with E-state index in [-0.39, 0.29) is 24.3 Å². The molecule has 17 heteroatoms. The van der Waals surface area contributed by atoms with E-state index in [2.05, 4.69) is 36.6 Å². The summed E-state index contributed by atoms with van der Waals surface area (Å²) in [6.07, 6.45) is 7.24. The third-order valence-electron chi connectivity index (χ3n) is 8.99. The van der Waals surface area contributed by atoms with Gasteiger partial charge < -0.3 is 25.5 Å². The van der Waals surface area contributed by atoms with Crippen LogP contribution in [0.2, 0.25) is 0 Å². The number of rotatable bonds is 17. The zero-order valence-corrected chi connectivity index (χ0v) is 31.9. The molecule has 0 aromatic heterocycles. The van der Waals surface area contributed by atoms with Crippen LogP contribution in [0.5, 0.6) is 0 Å². The number of ether oxygens (including phenoxy) is 1. The van der Waals surface area contributed by atoms with Gasteiger partial charge in [0.1, 0.15) is 17.4 Å². The van der Waals surface area contributed by atoms with Crippen molar-refractivity contribution in [2.75, 3.05) is 6.54 Å². The smallest absolute Gasteiger partial charge is 0.408 e. The quantitative estimate of drug-likeness (QED) is 0.0779. The first-order chi connectivity index (χ1) is 23.3. The molecule has 1 aromatic carbocycles. The highest BCUT2D eigenvalue weighted by Gasteiger charge is 2.62. The number of nitrogens with one attached hydrogen (secondary N) is 4. The van der Waals surface area contributed by atoms with E-state index in [4.69, 9.17) is 8.92 Å². The molecule has 2 aliphatic carbocycles. The lowest BCUT2D eigenvalue weighted by Crippen LogP contribution is -2.56. The van der Waals surface area contributed by atoms with Gasteiger partial charge in [-0.25, -0.2) is 13.2 Å². The van der Waals surface area contributed by atoms with Crippen LogP contribution < -0.4 is 20.7 Å². The van der Waals surface area contributed by atoms with Gasteiger partial charge in [-0.3, -0.25) is 18.5 Å². The van der Waals surface area contributed by atoms with E-state index < -0.39 is 78.0 Å². The second-order valence-electron chi connectivity index (χ2n) is 14.4. The molecular formula is C33H47BrN4O10S2. The van der Waals surface area contributed by atoms with Gasteiger partial charge in [-0.2, -0.15) is 8.42 Å². The average Bonchev–Trinajstić information content (AvgIpc) is 3.89. The Morgan fingerprint density at radius 1 is 1.08 bits per heavy atom. The van der Waals surface area contributed by atoms with E-state index >= 15 is 0 Å². The minimum Gasteiger partial charge on any atom is -0.444 e. The van der Waals surface area contributed by atoms with Crippen molar-refractivity contribution in [1.29, 1.82) is 0 Å². The molecule has 3 aliphatic rings. The van der Waals surface area contributed by atoms with Crippen molar-refractivity contribution in [3.05, 3.63) is 40.9 Å². The Morgan fingerprint density at radius 3 is 2.38 bits per heavy atom. The van der Waals surface area contributed by atoms with Gasteiger partial charge in [0.2, 0.25) is 15.9 Å². The van der Waals surface area contributed by atoms with Crippen LogP contribution in [0.15, 0.2) is 45.8 Å². The van der Waals surface area contributed by atoms with E-state index in [1.165, 1.54) is 12.1 Å². The van der Waals surface area contributed by atoms with Gasteiger partial charge in [-0.1, -0.05) is 40.9 Å². The Hall–Kier alpha value is -2.86. The maximum Gasteiger partial charge on any atom is 0.408 e. The van der Waals surface area contributed by atoms with Crippen LogP contribution in [-0.4, -0.2) is 81.6 Å². The lowest BCUT2D eigenvalue weighted by molar-refractivity contribution is -0.130. The lowest BCUT2D eigenvalue weighted by atomic mass is 10.1. The molecule has 1 heterocycles. The van der Waals surface area contributed by atoms with Crippen LogP contribution in [0, 0.1) is 5.92 Å². The molecule has 1 saturated heterocycles. The Kier molecular flexibility index (Phi) is 12.6. The van der Waals surface area contributed by atoms with Crippen molar-refractivity contribution >= 4 is 60.3 Å². The van der Waals surface area contributed by atoms with E-state index in [0.29, 0.717) is 42.9 Å². The highest BCUT2D eigenvalue weighted by Crippen LogP contribution is 2.47. The molecule has 14 nitrogen and oxygen atoms in total. The van der Waals surface area contributed by atoms with Gasteiger partial charge >= 0.3 is 6.09 Å². The van der Waals surface area contributed by atoms with Gasteiger partial charge in [0.15, 0.2) is 0 Å². The summed E-state index contributed by atoms with van der Waals surface area (Å²) in [5, 5.41) is 8.27. The second-order valence-corrected chi connectivity index (χ2v) is 19.1. The average molecular weight is 804 g/mol. The van der Waals surface area contributed by atoms with Crippen molar-refractivity contribution in [1.82, 2.24) is 20.7 Å². The molecule has 278 valence electrons. The molecule has 1 aliphatic heterocycles. The molecule has 0 unspecified atom stereocenters. The van der Waals surface area contributed by atoms with Crippen LogP contribution in [0.25, 0.3) is 0 Å². The Balaban J connectivity index is 1.30. The Morgan fingerprint density at radius 2 is 1.76 bits per heavy atom. The molecule has 0 spiro atoms. The number of aldehydes is 1.